The second kappa shape index (κ2) is 4.99. The Morgan fingerprint density at radius 1 is 1.26 bits per heavy atom. The van der Waals surface area contributed by atoms with E-state index in [0.29, 0.717) is 16.4 Å². The highest BCUT2D eigenvalue weighted by molar-refractivity contribution is 6.30. The molecule has 0 aliphatic rings. The maximum absolute atomic E-state index is 9.16. The van der Waals surface area contributed by atoms with Crippen LogP contribution in [0.3, 0.4) is 0 Å². The first-order valence-corrected chi connectivity index (χ1v) is 6.47. The van der Waals surface area contributed by atoms with Gasteiger partial charge in [0.25, 0.3) is 0 Å². The lowest BCUT2D eigenvalue weighted by Gasteiger charge is -2.18. The van der Waals surface area contributed by atoms with Crippen LogP contribution in [0.25, 0.3) is 0 Å². The summed E-state index contributed by atoms with van der Waals surface area (Å²) in [4.78, 5) is 0. The molecule has 3 nitrogen and oxygen atoms in total. The number of hydrogen-bond donors (Lipinski definition) is 1. The van der Waals surface area contributed by atoms with Crippen molar-refractivity contribution in [2.24, 2.45) is 0 Å². The Bertz CT molecular complexity index is 648. The van der Waals surface area contributed by atoms with Crippen LogP contribution < -0.4 is 5.73 Å². The van der Waals surface area contributed by atoms with Crippen LogP contribution in [0, 0.1) is 25.2 Å². The smallest absolute Gasteiger partial charge is 0.122 e. The summed E-state index contributed by atoms with van der Waals surface area (Å²) < 4.78 is 2.00. The van der Waals surface area contributed by atoms with Crippen LogP contribution in [-0.4, -0.2) is 4.57 Å². The molecule has 0 saturated heterocycles. The van der Waals surface area contributed by atoms with E-state index in [1.54, 1.807) is 0 Å². The topological polar surface area (TPSA) is 54.7 Å². The molecule has 0 saturated carbocycles. The van der Waals surface area contributed by atoms with Gasteiger partial charge in [-0.2, -0.15) is 5.26 Å². The molecule has 1 heterocycles. The van der Waals surface area contributed by atoms with Crippen LogP contribution in [0.15, 0.2) is 24.3 Å². The highest BCUT2D eigenvalue weighted by atomic mass is 35.5. The van der Waals surface area contributed by atoms with Crippen molar-refractivity contribution in [3.8, 4) is 6.07 Å². The molecule has 0 aliphatic carbocycles. The Labute approximate surface area is 118 Å². The minimum Gasteiger partial charge on any atom is -0.384 e. The van der Waals surface area contributed by atoms with Crippen LogP contribution in [0.5, 0.6) is 0 Å². The van der Waals surface area contributed by atoms with Crippen molar-refractivity contribution in [1.29, 1.82) is 5.26 Å². The zero-order valence-electron chi connectivity index (χ0n) is 11.2. The van der Waals surface area contributed by atoms with E-state index < -0.39 is 0 Å². The standard InChI is InChI=1S/C15H16ClN3/c1-9-10(2)19(15(18)14(9)8-17)11(3)12-4-6-13(16)7-5-12/h4-7,11H,18H2,1-3H3. The van der Waals surface area contributed by atoms with Crippen LogP contribution in [-0.2, 0) is 0 Å². The summed E-state index contributed by atoms with van der Waals surface area (Å²) in [5.74, 6) is 0.528. The van der Waals surface area contributed by atoms with Crippen molar-refractivity contribution in [3.63, 3.8) is 0 Å². The van der Waals surface area contributed by atoms with E-state index in [1.165, 1.54) is 0 Å². The van der Waals surface area contributed by atoms with Gasteiger partial charge in [0, 0.05) is 10.7 Å². The molecular formula is C15H16ClN3. The highest BCUT2D eigenvalue weighted by Gasteiger charge is 2.19. The zero-order valence-corrected chi connectivity index (χ0v) is 12.0. The molecule has 2 aromatic rings. The molecule has 1 atom stereocenters. The molecule has 1 aromatic carbocycles. The Kier molecular flexibility index (Phi) is 3.55. The molecule has 0 fully saturated rings. The van der Waals surface area contributed by atoms with E-state index in [1.807, 2.05) is 42.7 Å². The molecule has 4 heteroatoms. The van der Waals surface area contributed by atoms with Crippen molar-refractivity contribution < 1.29 is 0 Å². The third-order valence-electron chi connectivity index (χ3n) is 3.65. The Morgan fingerprint density at radius 2 is 1.84 bits per heavy atom. The minimum atomic E-state index is 0.0677. The first kappa shape index (κ1) is 13.5. The highest BCUT2D eigenvalue weighted by Crippen LogP contribution is 2.30. The third kappa shape index (κ3) is 2.20. The maximum atomic E-state index is 9.16. The van der Waals surface area contributed by atoms with Gasteiger partial charge in [-0.05, 0) is 44.0 Å². The molecule has 1 aromatic heterocycles. The van der Waals surface area contributed by atoms with Crippen molar-refractivity contribution in [2.45, 2.75) is 26.8 Å². The van der Waals surface area contributed by atoms with E-state index in [4.69, 9.17) is 22.6 Å². The van der Waals surface area contributed by atoms with Gasteiger partial charge in [0.15, 0.2) is 0 Å². The van der Waals surface area contributed by atoms with E-state index in [2.05, 4.69) is 13.0 Å². The molecule has 1 unspecified atom stereocenters. The number of aromatic nitrogens is 1. The number of nitrogens with two attached hydrogens (primary N) is 1. The predicted octanol–water partition coefficient (Wildman–Crippen LogP) is 3.82. The predicted molar refractivity (Wildman–Crippen MR) is 78.3 cm³/mol. The Morgan fingerprint density at radius 3 is 2.32 bits per heavy atom. The molecule has 2 N–H and O–H groups in total. The van der Waals surface area contributed by atoms with Crippen LogP contribution in [0.4, 0.5) is 5.82 Å². The number of anilines is 1. The van der Waals surface area contributed by atoms with Gasteiger partial charge in [0.1, 0.15) is 11.9 Å². The van der Waals surface area contributed by atoms with Gasteiger partial charge in [-0.3, -0.25) is 0 Å². The van der Waals surface area contributed by atoms with Gasteiger partial charge in [-0.1, -0.05) is 23.7 Å². The quantitative estimate of drug-likeness (QED) is 0.904. The van der Waals surface area contributed by atoms with Gasteiger partial charge in [0.2, 0.25) is 0 Å². The summed E-state index contributed by atoms with van der Waals surface area (Å²) in [6.45, 7) is 5.97. The van der Waals surface area contributed by atoms with E-state index >= 15 is 0 Å². The average Bonchev–Trinajstić information content (AvgIpc) is 2.60. The van der Waals surface area contributed by atoms with Crippen LogP contribution in [0.2, 0.25) is 5.02 Å². The number of rotatable bonds is 2. The summed E-state index contributed by atoms with van der Waals surface area (Å²) in [6, 6.07) is 9.92. The fraction of sp³-hybridized carbons (Fsp3) is 0.267. The van der Waals surface area contributed by atoms with Crippen LogP contribution >= 0.6 is 11.6 Å². The largest absolute Gasteiger partial charge is 0.384 e. The summed E-state index contributed by atoms with van der Waals surface area (Å²) in [6.07, 6.45) is 0. The van der Waals surface area contributed by atoms with Gasteiger partial charge >= 0.3 is 0 Å². The van der Waals surface area contributed by atoms with Gasteiger partial charge in [-0.15, -0.1) is 0 Å². The number of nitriles is 1. The number of halogens is 1. The second-order valence-electron chi connectivity index (χ2n) is 4.68. The number of benzene rings is 1. The molecule has 0 radical (unpaired) electrons. The number of nitrogens with zero attached hydrogens (tertiary/aromatic N) is 2. The number of nitrogen functional groups attached to an aromatic ring is 1. The van der Waals surface area contributed by atoms with Crippen molar-refractivity contribution in [1.82, 2.24) is 4.57 Å². The van der Waals surface area contributed by atoms with Gasteiger partial charge < -0.3 is 10.3 Å². The minimum absolute atomic E-state index is 0.0677. The number of hydrogen-bond acceptors (Lipinski definition) is 2. The van der Waals surface area contributed by atoms with Crippen LogP contribution in [0.1, 0.15) is 35.3 Å². The molecule has 2 rings (SSSR count). The van der Waals surface area contributed by atoms with E-state index in [-0.39, 0.29) is 6.04 Å². The fourth-order valence-corrected chi connectivity index (χ4v) is 2.51. The molecule has 0 bridgehead atoms. The molecule has 0 spiro atoms. The molecule has 98 valence electrons. The Balaban J connectivity index is 2.54. The summed E-state index contributed by atoms with van der Waals surface area (Å²) in [5.41, 5.74) is 9.75. The van der Waals surface area contributed by atoms with E-state index in [0.717, 1.165) is 16.8 Å². The lowest BCUT2D eigenvalue weighted by Crippen LogP contribution is -2.11. The first-order chi connectivity index (χ1) is 8.97. The second-order valence-corrected chi connectivity index (χ2v) is 5.12. The summed E-state index contributed by atoms with van der Waals surface area (Å²) in [7, 11) is 0. The SMILES string of the molecule is Cc1c(C#N)c(N)n(C(C)c2ccc(Cl)cc2)c1C. The van der Waals surface area contributed by atoms with Gasteiger partial charge in [0.05, 0.1) is 11.6 Å². The fourth-order valence-electron chi connectivity index (χ4n) is 2.39. The molecule has 0 amide bonds. The van der Waals surface area contributed by atoms with Crippen molar-refractivity contribution >= 4 is 17.4 Å². The van der Waals surface area contributed by atoms with Crippen molar-refractivity contribution in [2.75, 3.05) is 5.73 Å². The first-order valence-electron chi connectivity index (χ1n) is 6.09. The molecule has 0 aliphatic heterocycles. The van der Waals surface area contributed by atoms with Crippen molar-refractivity contribution in [3.05, 3.63) is 51.7 Å². The lowest BCUT2D eigenvalue weighted by molar-refractivity contribution is 0.633. The molecule has 19 heavy (non-hydrogen) atoms. The third-order valence-corrected chi connectivity index (χ3v) is 3.90. The average molecular weight is 274 g/mol. The zero-order chi connectivity index (χ0) is 14.2. The van der Waals surface area contributed by atoms with E-state index in [9.17, 15) is 0 Å². The summed E-state index contributed by atoms with van der Waals surface area (Å²) in [5, 5.41) is 9.88. The normalized spacial score (nSPS) is 12.2. The monoisotopic (exact) mass is 273 g/mol. The Hall–Kier alpha value is -1.92. The molecular weight excluding hydrogens is 258 g/mol. The lowest BCUT2D eigenvalue weighted by atomic mass is 10.1. The maximum Gasteiger partial charge on any atom is 0.122 e. The summed E-state index contributed by atoms with van der Waals surface area (Å²) >= 11 is 5.90. The van der Waals surface area contributed by atoms with Gasteiger partial charge in [-0.25, -0.2) is 0 Å².